The highest BCUT2D eigenvalue weighted by Gasteiger charge is 2.23. The predicted octanol–water partition coefficient (Wildman–Crippen LogP) is 1.76. The fraction of sp³-hybridized carbons (Fsp3) is 0.250. The van der Waals surface area contributed by atoms with Gasteiger partial charge in [-0.25, -0.2) is 9.59 Å². The summed E-state index contributed by atoms with van der Waals surface area (Å²) in [6.07, 6.45) is 0.242. The zero-order valence-corrected chi connectivity index (χ0v) is 15.1. The number of benzene rings is 2. The molecule has 0 spiro atoms. The van der Waals surface area contributed by atoms with Crippen LogP contribution in [0.5, 0.6) is 5.75 Å². The molecule has 7 heteroatoms. The fourth-order valence-corrected chi connectivity index (χ4v) is 2.44. The van der Waals surface area contributed by atoms with Gasteiger partial charge < -0.3 is 19.9 Å². The summed E-state index contributed by atoms with van der Waals surface area (Å²) in [7, 11) is 1.23. The van der Waals surface area contributed by atoms with Crippen LogP contribution in [0, 0.1) is 6.92 Å². The number of aromatic hydroxyl groups is 1. The third-order valence-electron chi connectivity index (χ3n) is 3.81. The minimum atomic E-state index is -0.906. The van der Waals surface area contributed by atoms with E-state index in [9.17, 15) is 19.5 Å². The first-order valence-corrected chi connectivity index (χ1v) is 8.28. The van der Waals surface area contributed by atoms with Crippen molar-refractivity contribution in [3.05, 3.63) is 65.2 Å². The first-order chi connectivity index (χ1) is 12.9. The molecule has 0 aliphatic heterocycles. The molecule has 142 valence electrons. The number of carbonyl (C=O) groups excluding carboxylic acids is 3. The van der Waals surface area contributed by atoms with E-state index in [1.807, 2.05) is 30.3 Å². The van der Waals surface area contributed by atoms with Crippen molar-refractivity contribution >= 4 is 17.8 Å². The summed E-state index contributed by atoms with van der Waals surface area (Å²) in [5, 5.41) is 12.3. The maximum absolute atomic E-state index is 12.1. The lowest BCUT2D eigenvalue weighted by molar-refractivity contribution is -0.145. The predicted molar refractivity (Wildman–Crippen MR) is 97.2 cm³/mol. The van der Waals surface area contributed by atoms with Gasteiger partial charge in [-0.1, -0.05) is 36.4 Å². The summed E-state index contributed by atoms with van der Waals surface area (Å²) in [5.41, 5.74) is 1.58. The average Bonchev–Trinajstić information content (AvgIpc) is 2.65. The molecule has 0 aliphatic carbocycles. The topological polar surface area (TPSA) is 102 Å². The van der Waals surface area contributed by atoms with Gasteiger partial charge in [0.25, 0.3) is 5.91 Å². The van der Waals surface area contributed by atoms with E-state index >= 15 is 0 Å². The molecule has 1 amide bonds. The Morgan fingerprint density at radius 1 is 1.11 bits per heavy atom. The summed E-state index contributed by atoms with van der Waals surface area (Å²) in [6, 6.07) is 12.7. The van der Waals surface area contributed by atoms with Crippen LogP contribution in [0.1, 0.15) is 21.5 Å². The van der Waals surface area contributed by atoms with Gasteiger partial charge in [0, 0.05) is 6.42 Å². The maximum atomic E-state index is 12.1. The highest BCUT2D eigenvalue weighted by Crippen LogP contribution is 2.19. The van der Waals surface area contributed by atoms with Crippen molar-refractivity contribution in [1.82, 2.24) is 5.32 Å². The van der Waals surface area contributed by atoms with Crippen molar-refractivity contribution in [3.63, 3.8) is 0 Å². The number of rotatable bonds is 7. The molecule has 0 heterocycles. The van der Waals surface area contributed by atoms with E-state index in [1.165, 1.54) is 19.2 Å². The lowest BCUT2D eigenvalue weighted by atomic mass is 10.1. The summed E-state index contributed by atoms with van der Waals surface area (Å²) in [6.45, 7) is 1.18. The van der Waals surface area contributed by atoms with Crippen LogP contribution in [-0.2, 0) is 25.5 Å². The summed E-state index contributed by atoms with van der Waals surface area (Å²) in [4.78, 5) is 36.0. The van der Waals surface area contributed by atoms with Crippen LogP contribution in [0.4, 0.5) is 0 Å². The zero-order valence-electron chi connectivity index (χ0n) is 15.1. The van der Waals surface area contributed by atoms with Crippen molar-refractivity contribution in [1.29, 1.82) is 0 Å². The number of nitrogens with one attached hydrogen (secondary N) is 1. The van der Waals surface area contributed by atoms with Crippen molar-refractivity contribution < 1.29 is 29.0 Å². The van der Waals surface area contributed by atoms with Crippen LogP contribution in [0.25, 0.3) is 0 Å². The van der Waals surface area contributed by atoms with Crippen LogP contribution in [0.3, 0.4) is 0 Å². The average molecular weight is 371 g/mol. The summed E-state index contributed by atoms with van der Waals surface area (Å²) in [5.74, 6) is -2.31. The van der Waals surface area contributed by atoms with Crippen LogP contribution in [-0.4, -0.2) is 42.7 Å². The molecule has 0 aromatic heterocycles. The molecule has 0 saturated heterocycles. The second-order valence-electron chi connectivity index (χ2n) is 5.93. The molecule has 0 bridgehead atoms. The van der Waals surface area contributed by atoms with Crippen LogP contribution in [0.2, 0.25) is 0 Å². The zero-order chi connectivity index (χ0) is 19.8. The van der Waals surface area contributed by atoms with Crippen LogP contribution in [0.15, 0.2) is 48.5 Å². The number of methoxy groups -OCH3 is 1. The molecule has 7 nitrogen and oxygen atoms in total. The fourth-order valence-electron chi connectivity index (χ4n) is 2.44. The number of phenolic OH excluding ortho intramolecular Hbond substituents is 1. The number of amides is 1. The van der Waals surface area contributed by atoms with Gasteiger partial charge in [0.1, 0.15) is 17.4 Å². The number of aryl methyl sites for hydroxylation is 1. The van der Waals surface area contributed by atoms with E-state index < -0.39 is 30.5 Å². The standard InChI is InChI=1S/C20H21NO6/c1-13-8-9-15(17(22)10-13)19(24)27-12-18(23)21-16(20(25)26-2)11-14-6-4-3-5-7-14/h3-10,16,22H,11-12H2,1-2H3,(H,21,23)/t16-/m0/s1. The van der Waals surface area contributed by atoms with Crippen molar-refractivity contribution in [2.75, 3.05) is 13.7 Å². The minimum Gasteiger partial charge on any atom is -0.507 e. The number of hydrogen-bond acceptors (Lipinski definition) is 6. The smallest absolute Gasteiger partial charge is 0.342 e. The maximum Gasteiger partial charge on any atom is 0.342 e. The van der Waals surface area contributed by atoms with E-state index in [2.05, 4.69) is 5.32 Å². The molecule has 2 N–H and O–H groups in total. The Hall–Kier alpha value is -3.35. The first-order valence-electron chi connectivity index (χ1n) is 8.28. The first kappa shape index (κ1) is 20.0. The van der Waals surface area contributed by atoms with E-state index in [-0.39, 0.29) is 17.7 Å². The molecule has 0 aliphatic rings. The molecule has 0 radical (unpaired) electrons. The highest BCUT2D eigenvalue weighted by atomic mass is 16.5. The third-order valence-corrected chi connectivity index (χ3v) is 3.81. The SMILES string of the molecule is COC(=O)[C@H](Cc1ccccc1)NC(=O)COC(=O)c1ccc(C)cc1O. The molecular formula is C20H21NO6. The number of phenols is 1. The Morgan fingerprint density at radius 3 is 2.44 bits per heavy atom. The van der Waals surface area contributed by atoms with Crippen molar-refractivity contribution in [2.45, 2.75) is 19.4 Å². The number of esters is 2. The van der Waals surface area contributed by atoms with Gasteiger partial charge in [-0.05, 0) is 30.2 Å². The highest BCUT2D eigenvalue weighted by molar-refractivity contribution is 5.94. The Balaban J connectivity index is 1.94. The third kappa shape index (κ3) is 5.85. The Kier molecular flexibility index (Phi) is 6.93. The normalized spacial score (nSPS) is 11.3. The summed E-state index contributed by atoms with van der Waals surface area (Å²) >= 11 is 0. The van der Waals surface area contributed by atoms with Gasteiger partial charge >= 0.3 is 11.9 Å². The molecule has 0 fully saturated rings. The van der Waals surface area contributed by atoms with Gasteiger partial charge in [0.05, 0.1) is 7.11 Å². The minimum absolute atomic E-state index is 0.0396. The molecule has 0 unspecified atom stereocenters. The van der Waals surface area contributed by atoms with Crippen molar-refractivity contribution in [3.8, 4) is 5.75 Å². The van der Waals surface area contributed by atoms with Gasteiger partial charge in [-0.15, -0.1) is 0 Å². The van der Waals surface area contributed by atoms with Gasteiger partial charge in [-0.2, -0.15) is 0 Å². The van der Waals surface area contributed by atoms with E-state index in [0.717, 1.165) is 11.1 Å². The Labute approximate surface area is 156 Å². The molecule has 1 atom stereocenters. The van der Waals surface area contributed by atoms with E-state index in [1.54, 1.807) is 13.0 Å². The second kappa shape index (κ2) is 9.38. The largest absolute Gasteiger partial charge is 0.507 e. The number of hydrogen-bond donors (Lipinski definition) is 2. The lowest BCUT2D eigenvalue weighted by Crippen LogP contribution is -2.44. The van der Waals surface area contributed by atoms with Gasteiger partial charge in [-0.3, -0.25) is 4.79 Å². The molecular weight excluding hydrogens is 350 g/mol. The monoisotopic (exact) mass is 371 g/mol. The molecule has 27 heavy (non-hydrogen) atoms. The van der Waals surface area contributed by atoms with E-state index in [0.29, 0.717) is 0 Å². The molecule has 2 rings (SSSR count). The number of ether oxygens (including phenoxy) is 2. The van der Waals surface area contributed by atoms with E-state index in [4.69, 9.17) is 9.47 Å². The van der Waals surface area contributed by atoms with Crippen molar-refractivity contribution in [2.24, 2.45) is 0 Å². The molecule has 2 aromatic rings. The van der Waals surface area contributed by atoms with Gasteiger partial charge in [0.2, 0.25) is 0 Å². The van der Waals surface area contributed by atoms with Gasteiger partial charge in [0.15, 0.2) is 6.61 Å². The second-order valence-corrected chi connectivity index (χ2v) is 5.93. The quantitative estimate of drug-likeness (QED) is 0.719. The van der Waals surface area contributed by atoms with Crippen LogP contribution >= 0.6 is 0 Å². The molecule has 0 saturated carbocycles. The number of carbonyl (C=O) groups is 3. The lowest BCUT2D eigenvalue weighted by Gasteiger charge is -2.16. The molecule has 2 aromatic carbocycles. The Bertz CT molecular complexity index is 818. The Morgan fingerprint density at radius 2 is 1.81 bits per heavy atom. The van der Waals surface area contributed by atoms with Crippen LogP contribution < -0.4 is 5.32 Å². The summed E-state index contributed by atoms with van der Waals surface area (Å²) < 4.78 is 9.62.